The van der Waals surface area contributed by atoms with E-state index in [9.17, 15) is 19.6 Å². The lowest BCUT2D eigenvalue weighted by Crippen LogP contribution is -2.45. The summed E-state index contributed by atoms with van der Waals surface area (Å²) >= 11 is 12.4. The normalized spacial score (nSPS) is 18.7. The van der Waals surface area contributed by atoms with Gasteiger partial charge in [-0.05, 0) is 74.6 Å². The Morgan fingerprint density at radius 3 is 2.08 bits per heavy atom. The number of carbonyl (C=O) groups excluding carboxylic acids is 3. The molecule has 4 atom stereocenters. The van der Waals surface area contributed by atoms with Crippen LogP contribution in [0.5, 0.6) is 5.75 Å². The third-order valence-electron chi connectivity index (χ3n) is 9.97. The lowest BCUT2D eigenvalue weighted by atomic mass is 9.62. The van der Waals surface area contributed by atoms with Crippen molar-refractivity contribution >= 4 is 46.7 Å². The number of halogens is 4. The van der Waals surface area contributed by atoms with Gasteiger partial charge in [-0.15, -0.1) is 0 Å². The molecule has 17 heteroatoms. The van der Waals surface area contributed by atoms with E-state index in [2.05, 4.69) is 22.0 Å². The highest BCUT2D eigenvalue weighted by Gasteiger charge is 2.61. The fraction of sp³-hybridized carbons (Fsp3) is 0.522. The van der Waals surface area contributed by atoms with Crippen LogP contribution in [0.4, 0.5) is 14.5 Å². The molecule has 1 aliphatic heterocycles. The number of amides is 2. The van der Waals surface area contributed by atoms with Crippen LogP contribution in [0.15, 0.2) is 54.6 Å². The molecule has 0 aromatic heterocycles. The van der Waals surface area contributed by atoms with Crippen LogP contribution in [0.3, 0.4) is 0 Å². The summed E-state index contributed by atoms with van der Waals surface area (Å²) in [6, 6.07) is 12.9. The van der Waals surface area contributed by atoms with Crippen molar-refractivity contribution in [3.63, 3.8) is 0 Å². The van der Waals surface area contributed by atoms with Crippen LogP contribution in [0.25, 0.3) is 0 Å². The summed E-state index contributed by atoms with van der Waals surface area (Å²) in [5.74, 6) is -4.12. The topological polar surface area (TPSA) is 166 Å². The molecule has 0 saturated carbocycles. The molecule has 0 spiro atoms. The van der Waals surface area contributed by atoms with Crippen LogP contribution in [-0.4, -0.2) is 102 Å². The van der Waals surface area contributed by atoms with Crippen molar-refractivity contribution < 1.29 is 51.6 Å². The number of hydrogen-bond acceptors (Lipinski definition) is 11. The highest BCUT2D eigenvalue weighted by atomic mass is 35.5. The summed E-state index contributed by atoms with van der Waals surface area (Å²) in [6.45, 7) is 14.0. The number of anilines is 1. The first kappa shape index (κ1) is 51.2. The van der Waals surface area contributed by atoms with E-state index in [4.69, 9.17) is 51.6 Å². The lowest BCUT2D eigenvalue weighted by Gasteiger charge is -2.37. The second-order valence-electron chi connectivity index (χ2n) is 17.1. The molecule has 2 amide bonds. The summed E-state index contributed by atoms with van der Waals surface area (Å²) in [5.41, 5.74) is -2.40. The van der Waals surface area contributed by atoms with E-state index in [1.807, 2.05) is 41.5 Å². The summed E-state index contributed by atoms with van der Waals surface area (Å²) in [7, 11) is 1.38. The molecule has 1 saturated heterocycles. The fourth-order valence-corrected chi connectivity index (χ4v) is 7.69. The Bertz CT molecular complexity index is 2070. The maximum atomic E-state index is 16.1. The van der Waals surface area contributed by atoms with Crippen LogP contribution in [-0.2, 0) is 38.7 Å². The van der Waals surface area contributed by atoms with Crippen molar-refractivity contribution in [2.75, 3.05) is 71.8 Å². The Hall–Kier alpha value is -4.40. The number of methoxy groups -OCH3 is 1. The van der Waals surface area contributed by atoms with Crippen molar-refractivity contribution in [1.29, 1.82) is 5.26 Å². The average molecular weight is 920 g/mol. The average Bonchev–Trinajstić information content (AvgIpc) is 3.52. The van der Waals surface area contributed by atoms with Gasteiger partial charge in [0, 0.05) is 34.7 Å². The maximum absolute atomic E-state index is 16.1. The molecule has 3 aromatic carbocycles. The first-order valence-corrected chi connectivity index (χ1v) is 21.4. The van der Waals surface area contributed by atoms with E-state index in [-0.39, 0.29) is 70.3 Å². The number of nitrogens with zero attached hydrogens (tertiary/aromatic N) is 1. The zero-order valence-corrected chi connectivity index (χ0v) is 38.4. The highest BCUT2D eigenvalue weighted by Crippen LogP contribution is 2.53. The number of esters is 1. The van der Waals surface area contributed by atoms with Gasteiger partial charge in [0.15, 0.2) is 0 Å². The predicted molar refractivity (Wildman–Crippen MR) is 235 cm³/mol. The van der Waals surface area contributed by atoms with Crippen LogP contribution >= 0.6 is 23.2 Å². The Kier molecular flexibility index (Phi) is 19.1. The second kappa shape index (κ2) is 23.5. The van der Waals surface area contributed by atoms with Crippen molar-refractivity contribution in [2.24, 2.45) is 5.41 Å². The molecular formula is C46H58Cl2F2N4O9. The lowest BCUT2D eigenvalue weighted by molar-refractivity contribution is -0.156. The summed E-state index contributed by atoms with van der Waals surface area (Å²) in [6.07, 6.45) is 0.474. The molecule has 3 N–H and O–H groups in total. The zero-order valence-electron chi connectivity index (χ0n) is 36.8. The van der Waals surface area contributed by atoms with Crippen molar-refractivity contribution in [2.45, 2.75) is 83.4 Å². The maximum Gasteiger partial charge on any atom is 0.308 e. The van der Waals surface area contributed by atoms with Crippen molar-refractivity contribution in [3.8, 4) is 11.8 Å². The van der Waals surface area contributed by atoms with Gasteiger partial charge in [-0.25, -0.2) is 8.78 Å². The third kappa shape index (κ3) is 14.6. The van der Waals surface area contributed by atoms with Gasteiger partial charge < -0.3 is 44.4 Å². The molecule has 1 fully saturated rings. The zero-order chi connectivity index (χ0) is 46.4. The van der Waals surface area contributed by atoms with Crippen molar-refractivity contribution in [1.82, 2.24) is 10.6 Å². The van der Waals surface area contributed by atoms with Gasteiger partial charge in [0.25, 0.3) is 5.91 Å². The van der Waals surface area contributed by atoms with E-state index in [1.54, 1.807) is 0 Å². The highest BCUT2D eigenvalue weighted by molar-refractivity contribution is 6.31. The van der Waals surface area contributed by atoms with Gasteiger partial charge in [-0.3, -0.25) is 14.4 Å². The number of carbonyl (C=O) groups is 3. The van der Waals surface area contributed by atoms with E-state index in [1.165, 1.54) is 55.6 Å². The van der Waals surface area contributed by atoms with Gasteiger partial charge >= 0.3 is 5.97 Å². The number of nitrogens with one attached hydrogen (secondary N) is 3. The smallest absolute Gasteiger partial charge is 0.308 e. The minimum atomic E-state index is -1.81. The predicted octanol–water partition coefficient (Wildman–Crippen LogP) is 7.77. The van der Waals surface area contributed by atoms with E-state index in [0.29, 0.717) is 46.1 Å². The van der Waals surface area contributed by atoms with Gasteiger partial charge in [0.1, 0.15) is 28.4 Å². The molecule has 1 aliphatic rings. The Labute approximate surface area is 378 Å². The minimum Gasteiger partial charge on any atom is -0.495 e. The molecular weight excluding hydrogens is 861 g/mol. The molecule has 63 heavy (non-hydrogen) atoms. The number of hydrogen-bond donors (Lipinski definition) is 3. The van der Waals surface area contributed by atoms with Gasteiger partial charge in [-0.2, -0.15) is 5.26 Å². The summed E-state index contributed by atoms with van der Waals surface area (Å²) < 4.78 is 64.7. The van der Waals surface area contributed by atoms with E-state index < -0.39 is 57.9 Å². The van der Waals surface area contributed by atoms with E-state index >= 15 is 8.78 Å². The number of nitriles is 1. The standard InChI is InChI=1S/C46H58Cl2F2N4O9/c1-44(2,3)27-37-46(28-51,32-13-12-30(47)26-34(32)49)39(31-9-8-10-33(48)40(31)50)41(54-37)43(57)53-35-14-11-29(25-36(35)58-7)42(56)52-16-18-60-20-22-62-24-23-61-21-19-59-17-15-38(55)63-45(4,5)6/h8-14,25-26,37,39,41,54H,15-24,27H2,1-7H3,(H,52,56)(H,53,57)/t37-,39-,41+,46-/m0/s1. The molecule has 1 heterocycles. The monoisotopic (exact) mass is 918 g/mol. The van der Waals surface area contributed by atoms with Crippen LogP contribution < -0.4 is 20.7 Å². The largest absolute Gasteiger partial charge is 0.495 e. The van der Waals surface area contributed by atoms with Crippen LogP contribution in [0, 0.1) is 28.4 Å². The van der Waals surface area contributed by atoms with Gasteiger partial charge in [0.05, 0.1) is 89.2 Å². The first-order valence-electron chi connectivity index (χ1n) is 20.7. The molecule has 344 valence electrons. The SMILES string of the molecule is COc1cc(C(=O)NCCOCCOCCOCCOCCC(=O)OC(C)(C)C)ccc1NC(=O)[C@@H]1N[C@@H](CC(C)(C)C)[C@](C#N)(c2ccc(Cl)cc2F)[C@H]1c1cccc(Cl)c1F. The van der Waals surface area contributed by atoms with Gasteiger partial charge in [-0.1, -0.05) is 62.2 Å². The number of benzene rings is 3. The molecule has 13 nitrogen and oxygen atoms in total. The van der Waals surface area contributed by atoms with Crippen LogP contribution in [0.2, 0.25) is 10.0 Å². The summed E-state index contributed by atoms with van der Waals surface area (Å²) in [5, 5.41) is 19.9. The first-order chi connectivity index (χ1) is 29.8. The number of ether oxygens (including phenoxy) is 6. The summed E-state index contributed by atoms with van der Waals surface area (Å²) in [4.78, 5) is 39.2. The molecule has 0 bridgehead atoms. The van der Waals surface area contributed by atoms with Crippen LogP contribution in [0.1, 0.15) is 81.8 Å². The van der Waals surface area contributed by atoms with Gasteiger partial charge in [0.2, 0.25) is 5.91 Å². The minimum absolute atomic E-state index is 0.0439. The molecule has 0 radical (unpaired) electrons. The molecule has 3 aromatic rings. The third-order valence-corrected chi connectivity index (χ3v) is 10.5. The molecule has 0 aliphatic carbocycles. The Morgan fingerprint density at radius 1 is 0.857 bits per heavy atom. The second-order valence-corrected chi connectivity index (χ2v) is 18.0. The van der Waals surface area contributed by atoms with E-state index in [0.717, 1.165) is 6.07 Å². The Balaban J connectivity index is 1.32. The van der Waals surface area contributed by atoms with Crippen molar-refractivity contribution in [3.05, 3.63) is 93.0 Å². The number of rotatable bonds is 22. The molecule has 0 unspecified atom stereocenters. The Morgan fingerprint density at radius 2 is 1.49 bits per heavy atom. The molecule has 4 rings (SSSR count). The fourth-order valence-electron chi connectivity index (χ4n) is 7.35. The quantitative estimate of drug-likeness (QED) is 0.0666.